The Kier molecular flexibility index (Phi) is 8.11. The van der Waals surface area contributed by atoms with Crippen molar-refractivity contribution in [2.75, 3.05) is 20.3 Å². The SMILES string of the molecule is CCC.COC1COCCC1NC1CCC(C(=O)O)C1. The minimum atomic E-state index is -0.662. The first-order chi connectivity index (χ1) is 9.62. The highest BCUT2D eigenvalue weighted by molar-refractivity contribution is 5.70. The molecule has 0 aromatic carbocycles. The molecule has 5 heteroatoms. The fraction of sp³-hybridized carbons (Fsp3) is 0.933. The zero-order valence-corrected chi connectivity index (χ0v) is 12.9. The third kappa shape index (κ3) is 5.38. The first kappa shape index (κ1) is 17.4. The Labute approximate surface area is 122 Å². The standard InChI is InChI=1S/C12H21NO4.C3H8/c1-16-11-7-17-5-4-10(11)13-9-3-2-8(6-9)12(14)15;1-3-2/h8-11,13H,2-7H2,1H3,(H,14,15);3H2,1-2H3. The molecule has 0 aromatic heterocycles. The molecular formula is C15H29NO4. The molecule has 2 rings (SSSR count). The lowest BCUT2D eigenvalue weighted by atomic mass is 10.0. The predicted molar refractivity (Wildman–Crippen MR) is 77.9 cm³/mol. The Morgan fingerprint density at radius 3 is 2.60 bits per heavy atom. The number of hydrogen-bond donors (Lipinski definition) is 2. The van der Waals surface area contributed by atoms with Gasteiger partial charge in [-0.15, -0.1) is 0 Å². The van der Waals surface area contributed by atoms with Crippen LogP contribution in [0.5, 0.6) is 0 Å². The third-order valence-electron chi connectivity index (χ3n) is 3.84. The quantitative estimate of drug-likeness (QED) is 0.828. The highest BCUT2D eigenvalue weighted by Gasteiger charge is 2.33. The molecule has 2 N–H and O–H groups in total. The summed E-state index contributed by atoms with van der Waals surface area (Å²) in [5.74, 6) is -0.835. The molecule has 2 fully saturated rings. The van der Waals surface area contributed by atoms with Gasteiger partial charge in [-0.3, -0.25) is 4.79 Å². The van der Waals surface area contributed by atoms with E-state index in [0.29, 0.717) is 18.7 Å². The first-order valence-electron chi connectivity index (χ1n) is 7.71. The Morgan fingerprint density at radius 2 is 2.05 bits per heavy atom. The van der Waals surface area contributed by atoms with Gasteiger partial charge in [-0.05, 0) is 25.7 Å². The van der Waals surface area contributed by atoms with Crippen molar-refractivity contribution in [1.29, 1.82) is 0 Å². The molecule has 1 aliphatic heterocycles. The number of aliphatic carboxylic acids is 1. The van der Waals surface area contributed by atoms with Crippen molar-refractivity contribution in [1.82, 2.24) is 5.32 Å². The summed E-state index contributed by atoms with van der Waals surface area (Å²) in [5, 5.41) is 12.5. The molecular weight excluding hydrogens is 258 g/mol. The van der Waals surface area contributed by atoms with Gasteiger partial charge in [0.15, 0.2) is 0 Å². The molecule has 2 aliphatic rings. The van der Waals surface area contributed by atoms with E-state index in [9.17, 15) is 4.79 Å². The number of methoxy groups -OCH3 is 1. The van der Waals surface area contributed by atoms with E-state index in [0.717, 1.165) is 32.3 Å². The van der Waals surface area contributed by atoms with Crippen molar-refractivity contribution in [2.45, 2.75) is 64.1 Å². The van der Waals surface area contributed by atoms with Crippen LogP contribution in [0.15, 0.2) is 0 Å². The largest absolute Gasteiger partial charge is 0.481 e. The van der Waals surface area contributed by atoms with Crippen LogP contribution in [-0.2, 0) is 14.3 Å². The van der Waals surface area contributed by atoms with Crippen molar-refractivity contribution in [3.63, 3.8) is 0 Å². The molecule has 0 bridgehead atoms. The van der Waals surface area contributed by atoms with Crippen molar-refractivity contribution >= 4 is 5.97 Å². The number of rotatable bonds is 4. The monoisotopic (exact) mass is 287 g/mol. The van der Waals surface area contributed by atoms with Crippen LogP contribution in [0.4, 0.5) is 0 Å². The molecule has 1 aliphatic carbocycles. The van der Waals surface area contributed by atoms with Crippen LogP contribution in [0.1, 0.15) is 46.0 Å². The summed E-state index contributed by atoms with van der Waals surface area (Å²) in [6.07, 6.45) is 4.75. The number of carboxylic acids is 1. The summed E-state index contributed by atoms with van der Waals surface area (Å²) in [5.41, 5.74) is 0. The van der Waals surface area contributed by atoms with Crippen LogP contribution in [0.25, 0.3) is 0 Å². The molecule has 5 nitrogen and oxygen atoms in total. The number of nitrogens with one attached hydrogen (secondary N) is 1. The normalized spacial score (nSPS) is 33.4. The van der Waals surface area contributed by atoms with E-state index < -0.39 is 5.97 Å². The summed E-state index contributed by atoms with van der Waals surface area (Å²) in [6, 6.07) is 0.614. The molecule has 1 heterocycles. The first-order valence-corrected chi connectivity index (χ1v) is 7.71. The highest BCUT2D eigenvalue weighted by Crippen LogP contribution is 2.27. The van der Waals surface area contributed by atoms with Crippen molar-refractivity contribution in [3.05, 3.63) is 0 Å². The van der Waals surface area contributed by atoms with Gasteiger partial charge < -0.3 is 19.9 Å². The van der Waals surface area contributed by atoms with Crippen molar-refractivity contribution in [3.8, 4) is 0 Å². The van der Waals surface area contributed by atoms with E-state index in [-0.39, 0.29) is 12.0 Å². The minimum absolute atomic E-state index is 0.0904. The van der Waals surface area contributed by atoms with Crippen LogP contribution in [0.2, 0.25) is 0 Å². The van der Waals surface area contributed by atoms with Crippen molar-refractivity contribution < 1.29 is 19.4 Å². The third-order valence-corrected chi connectivity index (χ3v) is 3.84. The highest BCUT2D eigenvalue weighted by atomic mass is 16.5. The van der Waals surface area contributed by atoms with Gasteiger partial charge >= 0.3 is 5.97 Å². The van der Waals surface area contributed by atoms with Gasteiger partial charge in [0.25, 0.3) is 0 Å². The lowest BCUT2D eigenvalue weighted by molar-refractivity contribution is -0.141. The smallest absolute Gasteiger partial charge is 0.306 e. The molecule has 1 saturated carbocycles. The van der Waals surface area contributed by atoms with E-state index in [1.54, 1.807) is 7.11 Å². The molecule has 4 unspecified atom stereocenters. The van der Waals surface area contributed by atoms with E-state index in [2.05, 4.69) is 19.2 Å². The summed E-state index contributed by atoms with van der Waals surface area (Å²) in [4.78, 5) is 10.9. The van der Waals surface area contributed by atoms with Crippen LogP contribution in [0, 0.1) is 5.92 Å². The van der Waals surface area contributed by atoms with Gasteiger partial charge in [-0.25, -0.2) is 0 Å². The maximum atomic E-state index is 10.9. The molecule has 0 spiro atoms. The van der Waals surface area contributed by atoms with E-state index >= 15 is 0 Å². The Morgan fingerprint density at radius 1 is 1.35 bits per heavy atom. The van der Waals surface area contributed by atoms with Crippen LogP contribution in [-0.4, -0.2) is 49.6 Å². The van der Waals surface area contributed by atoms with Crippen LogP contribution < -0.4 is 5.32 Å². The second-order valence-corrected chi connectivity index (χ2v) is 5.66. The second kappa shape index (κ2) is 9.32. The van der Waals surface area contributed by atoms with Gasteiger partial charge in [0.05, 0.1) is 18.6 Å². The van der Waals surface area contributed by atoms with E-state index in [1.165, 1.54) is 6.42 Å². The van der Waals surface area contributed by atoms with Crippen LogP contribution >= 0.6 is 0 Å². The van der Waals surface area contributed by atoms with Gasteiger partial charge in [0, 0.05) is 25.8 Å². The second-order valence-electron chi connectivity index (χ2n) is 5.66. The average molecular weight is 287 g/mol. The summed E-state index contributed by atoms with van der Waals surface area (Å²) in [6.45, 7) is 5.63. The molecule has 4 atom stereocenters. The summed E-state index contributed by atoms with van der Waals surface area (Å²) in [7, 11) is 1.70. The molecule has 0 amide bonds. The van der Waals surface area contributed by atoms with Gasteiger partial charge in [0.1, 0.15) is 0 Å². The number of carbonyl (C=O) groups is 1. The molecule has 0 aromatic rings. The fourth-order valence-corrected chi connectivity index (χ4v) is 2.79. The lowest BCUT2D eigenvalue weighted by Crippen LogP contribution is -2.50. The Hall–Kier alpha value is -0.650. The maximum Gasteiger partial charge on any atom is 0.306 e. The zero-order valence-electron chi connectivity index (χ0n) is 12.9. The molecule has 20 heavy (non-hydrogen) atoms. The maximum absolute atomic E-state index is 10.9. The summed E-state index contributed by atoms with van der Waals surface area (Å²) < 4.78 is 10.8. The fourth-order valence-electron chi connectivity index (χ4n) is 2.79. The lowest BCUT2D eigenvalue weighted by Gasteiger charge is -2.33. The Balaban J connectivity index is 0.000000612. The molecule has 118 valence electrons. The van der Waals surface area contributed by atoms with Gasteiger partial charge in [-0.2, -0.15) is 0 Å². The number of ether oxygens (including phenoxy) is 2. The Bertz CT molecular complexity index is 285. The summed E-state index contributed by atoms with van der Waals surface area (Å²) >= 11 is 0. The predicted octanol–water partition coefficient (Wildman–Crippen LogP) is 2.05. The minimum Gasteiger partial charge on any atom is -0.481 e. The number of carboxylic acid groups (broad SMARTS) is 1. The van der Waals surface area contributed by atoms with E-state index in [1.807, 2.05) is 0 Å². The molecule has 0 radical (unpaired) electrons. The van der Waals surface area contributed by atoms with Crippen molar-refractivity contribution in [2.24, 2.45) is 5.92 Å². The topological polar surface area (TPSA) is 67.8 Å². The van der Waals surface area contributed by atoms with Gasteiger partial charge in [-0.1, -0.05) is 20.3 Å². The number of hydrogen-bond acceptors (Lipinski definition) is 4. The van der Waals surface area contributed by atoms with E-state index in [4.69, 9.17) is 14.6 Å². The van der Waals surface area contributed by atoms with Gasteiger partial charge in [0.2, 0.25) is 0 Å². The average Bonchev–Trinajstić information content (AvgIpc) is 2.89. The zero-order chi connectivity index (χ0) is 15.0. The van der Waals surface area contributed by atoms with Crippen LogP contribution in [0.3, 0.4) is 0 Å². The molecule has 1 saturated heterocycles.